The normalized spacial score (nSPS) is 14.1. The summed E-state index contributed by atoms with van der Waals surface area (Å²) in [6.07, 6.45) is -0.205. The van der Waals surface area contributed by atoms with Gasteiger partial charge in [0.2, 0.25) is 35.7 Å². The fraction of sp³-hybridized carbons (Fsp3) is 0.261. The van der Waals surface area contributed by atoms with Crippen LogP contribution in [0.25, 0.3) is 0 Å². The molecule has 1 saturated heterocycles. The van der Waals surface area contributed by atoms with Crippen molar-refractivity contribution in [1.82, 2.24) is 29.9 Å². The third kappa shape index (κ3) is 13.5. The van der Waals surface area contributed by atoms with E-state index in [2.05, 4.69) is 51.2 Å². The zero-order valence-electron chi connectivity index (χ0n) is 37.0. The maximum atomic E-state index is 12.5. The number of hydrogen-bond donors (Lipinski definition) is 12. The molecular formula is C46H48N12O12. The van der Waals surface area contributed by atoms with Crippen LogP contribution in [0.2, 0.25) is 0 Å². The third-order valence-electron chi connectivity index (χ3n) is 11.0. The highest BCUT2D eigenvalue weighted by Gasteiger charge is 2.29. The van der Waals surface area contributed by atoms with Crippen molar-refractivity contribution in [2.75, 3.05) is 57.2 Å². The maximum Gasteiger partial charge on any atom is 0.326 e. The van der Waals surface area contributed by atoms with E-state index in [-0.39, 0.29) is 111 Å². The van der Waals surface area contributed by atoms with Crippen LogP contribution in [0, 0.1) is 0 Å². The van der Waals surface area contributed by atoms with Crippen molar-refractivity contribution in [3.05, 3.63) is 119 Å². The van der Waals surface area contributed by atoms with Crippen LogP contribution >= 0.6 is 0 Å². The van der Waals surface area contributed by atoms with Crippen LogP contribution in [-0.4, -0.2) is 145 Å². The van der Waals surface area contributed by atoms with Crippen molar-refractivity contribution in [2.45, 2.75) is 49.9 Å². The van der Waals surface area contributed by atoms with Gasteiger partial charge in [0, 0.05) is 51.9 Å². The summed E-state index contributed by atoms with van der Waals surface area (Å²) < 4.78 is 0. The number of benzene rings is 4. The average molecular weight is 961 g/mol. The quantitative estimate of drug-likeness (QED) is 0.0465. The number of hydrogen-bond acceptors (Lipinski definition) is 20. The Labute approximate surface area is 398 Å². The Kier molecular flexibility index (Phi) is 15.3. The van der Waals surface area contributed by atoms with E-state index < -0.39 is 48.0 Å². The molecule has 0 saturated carbocycles. The van der Waals surface area contributed by atoms with Gasteiger partial charge < -0.3 is 71.9 Å². The highest BCUT2D eigenvalue weighted by molar-refractivity contribution is 5.79. The van der Waals surface area contributed by atoms with Gasteiger partial charge in [0.25, 0.3) is 0 Å². The second-order valence-electron chi connectivity index (χ2n) is 16.2. The number of aliphatic carboxylic acids is 4. The average Bonchev–Trinajstić information content (AvgIpc) is 3.33. The number of aromatic hydroxyl groups is 4. The van der Waals surface area contributed by atoms with Crippen molar-refractivity contribution in [1.29, 1.82) is 0 Å². The van der Waals surface area contributed by atoms with Crippen LogP contribution in [0.3, 0.4) is 0 Å². The number of anilines is 6. The van der Waals surface area contributed by atoms with Gasteiger partial charge in [0.05, 0.1) is 0 Å². The molecule has 0 amide bonds. The zero-order chi connectivity index (χ0) is 49.9. The Morgan fingerprint density at radius 3 is 0.757 bits per heavy atom. The van der Waals surface area contributed by atoms with Gasteiger partial charge in [-0.15, -0.1) is 0 Å². The number of phenolic OH excluding ortho intramolecular Hbond substituents is 4. The minimum Gasteiger partial charge on any atom is -0.508 e. The number of carboxylic acid groups (broad SMARTS) is 4. The van der Waals surface area contributed by atoms with Crippen molar-refractivity contribution in [3.63, 3.8) is 0 Å². The molecule has 1 aliphatic rings. The standard InChI is InChI=1S/C46H48N12O12/c59-29-9-1-25(2-10-29)21-33(37(63)64)47-41-51-42(48-34(38(65)66)22-26-3-11-30(60)12-4-26)54-45(53-41)57-17-19-58(20-18-57)46-55-43(49-35(39(67)68)23-27-5-13-31(61)14-6-27)52-44(56-46)50-36(40(69)70)24-28-7-15-32(62)16-8-28/h1-16,33-36,59-62H,17-24H2,(H,63,64)(H,65,66)(H,67,68)(H,69,70)(H2,47,48,51,53,54)(H2,49,50,52,55,56)/t33-,34-,35-,36-/m0/s1. The molecule has 0 bridgehead atoms. The molecule has 24 heteroatoms. The van der Waals surface area contributed by atoms with Crippen LogP contribution in [0.1, 0.15) is 22.3 Å². The number of nitrogens with one attached hydrogen (secondary N) is 4. The molecule has 0 radical (unpaired) electrons. The molecule has 3 heterocycles. The lowest BCUT2D eigenvalue weighted by Gasteiger charge is -2.35. The molecule has 0 spiro atoms. The molecular weight excluding hydrogens is 913 g/mol. The van der Waals surface area contributed by atoms with Crippen LogP contribution < -0.4 is 31.1 Å². The van der Waals surface area contributed by atoms with Gasteiger partial charge in [-0.2, -0.15) is 29.9 Å². The van der Waals surface area contributed by atoms with E-state index in [1.807, 2.05) is 0 Å². The molecule has 364 valence electrons. The summed E-state index contributed by atoms with van der Waals surface area (Å²) in [6, 6.07) is 18.7. The molecule has 7 rings (SSSR count). The number of aromatic nitrogens is 6. The van der Waals surface area contributed by atoms with E-state index in [1.165, 1.54) is 48.5 Å². The summed E-state index contributed by atoms with van der Waals surface area (Å²) in [6.45, 7) is 0.679. The highest BCUT2D eigenvalue weighted by Crippen LogP contribution is 2.24. The monoisotopic (exact) mass is 960 g/mol. The number of carbonyl (C=O) groups is 4. The van der Waals surface area contributed by atoms with E-state index in [1.54, 1.807) is 58.3 Å². The second kappa shape index (κ2) is 22.1. The van der Waals surface area contributed by atoms with Gasteiger partial charge in [-0.25, -0.2) is 19.2 Å². The Hall–Kier alpha value is -9.22. The van der Waals surface area contributed by atoms with E-state index in [0.717, 1.165) is 0 Å². The molecule has 1 fully saturated rings. The van der Waals surface area contributed by atoms with Crippen LogP contribution in [-0.2, 0) is 44.9 Å². The molecule has 4 atom stereocenters. The number of piperazine rings is 1. The number of phenols is 4. The molecule has 6 aromatic rings. The Morgan fingerprint density at radius 2 is 0.571 bits per heavy atom. The fourth-order valence-corrected chi connectivity index (χ4v) is 7.27. The van der Waals surface area contributed by atoms with E-state index in [9.17, 15) is 60.0 Å². The van der Waals surface area contributed by atoms with Gasteiger partial charge in [-0.1, -0.05) is 48.5 Å². The van der Waals surface area contributed by atoms with Crippen molar-refractivity contribution in [3.8, 4) is 23.0 Å². The summed E-state index contributed by atoms with van der Waals surface area (Å²) in [7, 11) is 0. The predicted molar refractivity (Wildman–Crippen MR) is 252 cm³/mol. The summed E-state index contributed by atoms with van der Waals surface area (Å²) in [5.74, 6) is -5.72. The van der Waals surface area contributed by atoms with Crippen molar-refractivity contribution < 1.29 is 60.0 Å². The van der Waals surface area contributed by atoms with Crippen LogP contribution in [0.4, 0.5) is 35.7 Å². The molecule has 24 nitrogen and oxygen atoms in total. The largest absolute Gasteiger partial charge is 0.508 e. The summed E-state index contributed by atoms with van der Waals surface area (Å²) in [4.78, 5) is 80.4. The maximum absolute atomic E-state index is 12.5. The number of carboxylic acids is 4. The van der Waals surface area contributed by atoms with Crippen LogP contribution in [0.15, 0.2) is 97.1 Å². The van der Waals surface area contributed by atoms with Gasteiger partial charge in [-0.3, -0.25) is 0 Å². The first kappa shape index (κ1) is 48.7. The smallest absolute Gasteiger partial charge is 0.326 e. The highest BCUT2D eigenvalue weighted by atomic mass is 16.4. The number of nitrogens with zero attached hydrogens (tertiary/aromatic N) is 8. The van der Waals surface area contributed by atoms with Crippen LogP contribution in [0.5, 0.6) is 23.0 Å². The van der Waals surface area contributed by atoms with Gasteiger partial charge in [-0.05, 0) is 70.8 Å². The molecule has 70 heavy (non-hydrogen) atoms. The fourth-order valence-electron chi connectivity index (χ4n) is 7.27. The SMILES string of the molecule is O=C(O)[C@H](Cc1ccc(O)cc1)Nc1nc(N[C@@H](Cc2ccc(O)cc2)C(=O)O)nc(N2CCN(c3nc(N[C@@H](Cc4ccc(O)cc4)C(=O)O)nc(N[C@@H](Cc4ccc(O)cc4)C(=O)O)n3)CC2)n1. The lowest BCUT2D eigenvalue weighted by molar-refractivity contribution is -0.138. The van der Waals surface area contributed by atoms with Crippen molar-refractivity contribution >= 4 is 59.6 Å². The molecule has 0 unspecified atom stereocenters. The van der Waals surface area contributed by atoms with Gasteiger partial charge >= 0.3 is 23.9 Å². The molecule has 12 N–H and O–H groups in total. The Bertz CT molecular complexity index is 2420. The third-order valence-corrected chi connectivity index (χ3v) is 11.0. The summed E-state index contributed by atoms with van der Waals surface area (Å²) >= 11 is 0. The minimum absolute atomic E-state index is 0.00546. The minimum atomic E-state index is -1.28. The molecule has 2 aromatic heterocycles. The first-order chi connectivity index (χ1) is 33.5. The second-order valence-corrected chi connectivity index (χ2v) is 16.2. The molecule has 1 aliphatic heterocycles. The lowest BCUT2D eigenvalue weighted by atomic mass is 10.1. The first-order valence-electron chi connectivity index (χ1n) is 21.6. The summed E-state index contributed by atoms with van der Waals surface area (Å²) in [5, 5.41) is 91.1. The first-order valence-corrected chi connectivity index (χ1v) is 21.6. The Balaban J connectivity index is 1.16. The van der Waals surface area contributed by atoms with Crippen molar-refractivity contribution in [2.24, 2.45) is 0 Å². The summed E-state index contributed by atoms with van der Waals surface area (Å²) in [5.41, 5.74) is 2.29. The van der Waals surface area contributed by atoms with Gasteiger partial charge in [0.1, 0.15) is 47.2 Å². The lowest BCUT2D eigenvalue weighted by Crippen LogP contribution is -2.48. The van der Waals surface area contributed by atoms with E-state index in [4.69, 9.17) is 0 Å². The van der Waals surface area contributed by atoms with E-state index >= 15 is 0 Å². The topological polar surface area (TPSA) is 362 Å². The zero-order valence-corrected chi connectivity index (χ0v) is 37.0. The number of rotatable bonds is 22. The predicted octanol–water partition coefficient (Wildman–Crippen LogP) is 2.64. The molecule has 0 aliphatic carbocycles. The van der Waals surface area contributed by atoms with E-state index in [0.29, 0.717) is 22.3 Å². The van der Waals surface area contributed by atoms with Gasteiger partial charge in [0.15, 0.2) is 0 Å². The molecule has 4 aromatic carbocycles. The Morgan fingerprint density at radius 1 is 0.371 bits per heavy atom.